The van der Waals surface area contributed by atoms with E-state index in [1.54, 1.807) is 0 Å². The first kappa shape index (κ1) is 20.6. The number of nitro benzene ring substituents is 1. The molecular weight excluding hydrogens is 424 g/mol. The molecule has 0 aliphatic carbocycles. The number of ether oxygens (including phenoxy) is 1. The van der Waals surface area contributed by atoms with Gasteiger partial charge in [0.05, 0.1) is 22.0 Å². The number of hydrogen-bond acceptors (Lipinski definition) is 8. The molecule has 1 atom stereocenters. The van der Waals surface area contributed by atoms with Gasteiger partial charge in [-0.3, -0.25) is 24.6 Å². The third kappa shape index (κ3) is 4.03. The topological polar surface area (TPSA) is 120 Å². The molecule has 2 heterocycles. The fraction of sp³-hybridized carbons (Fsp3) is 0.167. The summed E-state index contributed by atoms with van der Waals surface area (Å²) in [7, 11) is 1.16. The minimum Gasteiger partial charge on any atom is -0.467 e. The number of carbonyl (C=O) groups excluding carboxylic acids is 3. The van der Waals surface area contributed by atoms with Gasteiger partial charge in [-0.15, -0.1) is 0 Å². The molecule has 0 saturated carbocycles. The molecule has 1 aromatic carbocycles. The van der Waals surface area contributed by atoms with E-state index in [0.717, 1.165) is 12.0 Å². The number of thioether (sulfide) groups is 1. The van der Waals surface area contributed by atoms with Crippen molar-refractivity contribution in [1.29, 1.82) is 0 Å². The number of carbonyl (C=O) groups is 3. The zero-order valence-electron chi connectivity index (χ0n) is 15.1. The summed E-state index contributed by atoms with van der Waals surface area (Å²) in [5, 5.41) is 10.6. The Labute approximate surface area is 173 Å². The molecule has 2 amide bonds. The Bertz CT molecular complexity index is 1060. The minimum absolute atomic E-state index is 0.0665. The largest absolute Gasteiger partial charge is 0.467 e. The molecule has 1 saturated heterocycles. The molecule has 1 aliphatic heterocycles. The Morgan fingerprint density at radius 2 is 2.07 bits per heavy atom. The second-order valence-electron chi connectivity index (χ2n) is 5.87. The number of rotatable bonds is 5. The highest BCUT2D eigenvalue weighted by atomic mass is 35.5. The van der Waals surface area contributed by atoms with Crippen LogP contribution in [0.5, 0.6) is 0 Å². The van der Waals surface area contributed by atoms with Crippen molar-refractivity contribution in [3.05, 3.63) is 56.1 Å². The molecule has 9 nitrogen and oxygen atoms in total. The number of imide groups is 1. The number of methoxy groups -OCH3 is 1. The average molecular weight is 437 g/mol. The maximum absolute atomic E-state index is 12.5. The number of non-ortho nitro benzene ring substituents is 1. The summed E-state index contributed by atoms with van der Waals surface area (Å²) in [5.41, 5.74) is 0.160. The molecule has 1 aliphatic rings. The molecule has 11 heteroatoms. The molecule has 150 valence electrons. The van der Waals surface area contributed by atoms with E-state index in [2.05, 4.69) is 4.74 Å². The van der Waals surface area contributed by atoms with Gasteiger partial charge in [-0.25, -0.2) is 4.79 Å². The molecule has 0 spiro atoms. The second kappa shape index (κ2) is 8.10. The van der Waals surface area contributed by atoms with Gasteiger partial charge in [-0.2, -0.15) is 0 Å². The average Bonchev–Trinajstić information content (AvgIpc) is 3.25. The standard InChI is InChI=1S/C18H13ClN2O7S/c1-9(17(23)27-2)20-16(22)15(29-18(20)24)8-11-4-6-14(28-11)12-7-10(21(25)26)3-5-13(12)19/h3-9H,1-2H3/b15-8+/t9-/m1/s1. The molecule has 2 aromatic rings. The Morgan fingerprint density at radius 1 is 1.34 bits per heavy atom. The van der Waals surface area contributed by atoms with Gasteiger partial charge in [0.25, 0.3) is 16.8 Å². The van der Waals surface area contributed by atoms with Crippen LogP contribution in [-0.4, -0.2) is 40.1 Å². The van der Waals surface area contributed by atoms with Crippen LogP contribution in [0.1, 0.15) is 12.7 Å². The molecule has 1 fully saturated rings. The monoisotopic (exact) mass is 436 g/mol. The van der Waals surface area contributed by atoms with E-state index < -0.39 is 28.1 Å². The fourth-order valence-corrected chi connectivity index (χ4v) is 3.71. The number of halogens is 1. The zero-order chi connectivity index (χ0) is 21.3. The first-order chi connectivity index (χ1) is 13.7. The van der Waals surface area contributed by atoms with Crippen LogP contribution in [-0.2, 0) is 14.3 Å². The predicted molar refractivity (Wildman–Crippen MR) is 105 cm³/mol. The van der Waals surface area contributed by atoms with Gasteiger partial charge in [0, 0.05) is 23.8 Å². The van der Waals surface area contributed by atoms with Crippen molar-refractivity contribution < 1.29 is 28.5 Å². The predicted octanol–water partition coefficient (Wildman–Crippen LogP) is 4.11. The summed E-state index contributed by atoms with van der Waals surface area (Å²) < 4.78 is 10.2. The highest BCUT2D eigenvalue weighted by Crippen LogP contribution is 2.36. The van der Waals surface area contributed by atoms with E-state index in [1.165, 1.54) is 43.3 Å². The third-order valence-corrected chi connectivity index (χ3v) is 5.29. The molecule has 0 N–H and O–H groups in total. The summed E-state index contributed by atoms with van der Waals surface area (Å²) in [6.45, 7) is 1.39. The van der Waals surface area contributed by atoms with Gasteiger partial charge in [-0.05, 0) is 36.9 Å². The smallest absolute Gasteiger partial charge is 0.328 e. The van der Waals surface area contributed by atoms with Crippen molar-refractivity contribution in [3.8, 4) is 11.3 Å². The van der Waals surface area contributed by atoms with Crippen molar-refractivity contribution >= 4 is 52.2 Å². The highest BCUT2D eigenvalue weighted by molar-refractivity contribution is 8.18. The van der Waals surface area contributed by atoms with Crippen LogP contribution >= 0.6 is 23.4 Å². The second-order valence-corrected chi connectivity index (χ2v) is 7.27. The Morgan fingerprint density at radius 3 is 2.72 bits per heavy atom. The lowest BCUT2D eigenvalue weighted by molar-refractivity contribution is -0.384. The minimum atomic E-state index is -1.06. The maximum atomic E-state index is 12.5. The number of nitrogens with zero attached hydrogens (tertiary/aromatic N) is 2. The summed E-state index contributed by atoms with van der Waals surface area (Å²) in [4.78, 5) is 47.6. The normalized spacial score (nSPS) is 16.4. The van der Waals surface area contributed by atoms with Crippen LogP contribution < -0.4 is 0 Å². The summed E-state index contributed by atoms with van der Waals surface area (Å²) in [6, 6.07) is 5.94. The number of furan rings is 1. The van der Waals surface area contributed by atoms with Crippen LogP contribution in [0.25, 0.3) is 17.4 Å². The fourth-order valence-electron chi connectivity index (χ4n) is 2.61. The van der Waals surface area contributed by atoms with Crippen LogP contribution in [0.15, 0.2) is 39.7 Å². The van der Waals surface area contributed by atoms with Crippen LogP contribution in [0.2, 0.25) is 5.02 Å². The highest BCUT2D eigenvalue weighted by Gasteiger charge is 2.41. The van der Waals surface area contributed by atoms with Gasteiger partial charge in [0.1, 0.15) is 17.6 Å². The molecule has 0 radical (unpaired) electrons. The quantitative estimate of drug-likeness (QED) is 0.297. The number of hydrogen-bond donors (Lipinski definition) is 0. The lowest BCUT2D eigenvalue weighted by Gasteiger charge is -2.18. The lowest BCUT2D eigenvalue weighted by atomic mass is 10.1. The van der Waals surface area contributed by atoms with E-state index in [4.69, 9.17) is 16.0 Å². The van der Waals surface area contributed by atoms with Crippen molar-refractivity contribution in [3.63, 3.8) is 0 Å². The molecular formula is C18H13ClN2O7S. The van der Waals surface area contributed by atoms with Gasteiger partial charge >= 0.3 is 5.97 Å². The van der Waals surface area contributed by atoms with Crippen LogP contribution in [0, 0.1) is 10.1 Å². The first-order valence-corrected chi connectivity index (χ1v) is 9.31. The number of esters is 1. The van der Waals surface area contributed by atoms with Gasteiger partial charge in [0.2, 0.25) is 0 Å². The van der Waals surface area contributed by atoms with Gasteiger partial charge in [-0.1, -0.05) is 11.6 Å². The van der Waals surface area contributed by atoms with Gasteiger partial charge < -0.3 is 9.15 Å². The number of amides is 2. The van der Waals surface area contributed by atoms with Crippen LogP contribution in [0.4, 0.5) is 10.5 Å². The Balaban J connectivity index is 1.89. The molecule has 29 heavy (non-hydrogen) atoms. The summed E-state index contributed by atoms with van der Waals surface area (Å²) in [5.74, 6) is -0.871. The van der Waals surface area contributed by atoms with E-state index >= 15 is 0 Å². The zero-order valence-corrected chi connectivity index (χ0v) is 16.7. The number of nitro groups is 1. The summed E-state index contributed by atoms with van der Waals surface area (Å²) >= 11 is 6.77. The Kier molecular flexibility index (Phi) is 5.76. The van der Waals surface area contributed by atoms with E-state index in [0.29, 0.717) is 17.3 Å². The van der Waals surface area contributed by atoms with E-state index in [9.17, 15) is 24.5 Å². The van der Waals surface area contributed by atoms with E-state index in [1.807, 2.05) is 0 Å². The molecule has 1 aromatic heterocycles. The van der Waals surface area contributed by atoms with E-state index in [-0.39, 0.29) is 27.1 Å². The lowest BCUT2D eigenvalue weighted by Crippen LogP contribution is -2.42. The van der Waals surface area contributed by atoms with Gasteiger partial charge in [0.15, 0.2) is 0 Å². The first-order valence-electron chi connectivity index (χ1n) is 8.12. The molecule has 0 unspecified atom stereocenters. The molecule has 0 bridgehead atoms. The van der Waals surface area contributed by atoms with Crippen LogP contribution in [0.3, 0.4) is 0 Å². The SMILES string of the molecule is COC(=O)[C@@H](C)N1C(=O)S/C(=C/c2ccc(-c3cc([N+](=O)[O-])ccc3Cl)o2)C1=O. The van der Waals surface area contributed by atoms with Crippen molar-refractivity contribution in [2.45, 2.75) is 13.0 Å². The Hall–Kier alpha value is -3.11. The van der Waals surface area contributed by atoms with Crippen molar-refractivity contribution in [2.24, 2.45) is 0 Å². The number of benzene rings is 1. The summed E-state index contributed by atoms with van der Waals surface area (Å²) in [6.07, 6.45) is 1.35. The maximum Gasteiger partial charge on any atom is 0.328 e. The van der Waals surface area contributed by atoms with Crippen molar-refractivity contribution in [1.82, 2.24) is 4.90 Å². The van der Waals surface area contributed by atoms with Crippen molar-refractivity contribution in [2.75, 3.05) is 7.11 Å². The third-order valence-electron chi connectivity index (χ3n) is 4.08. The molecule has 3 rings (SSSR count).